The van der Waals surface area contributed by atoms with Crippen LogP contribution in [0.2, 0.25) is 0 Å². The molecule has 21 heteroatoms. The van der Waals surface area contributed by atoms with Crippen molar-refractivity contribution in [3.8, 4) is 0 Å². The van der Waals surface area contributed by atoms with E-state index in [1.54, 1.807) is 0 Å². The average molecular weight is 625 g/mol. The van der Waals surface area contributed by atoms with Crippen LogP contribution in [0.3, 0.4) is 0 Å². The molecule has 1 aliphatic carbocycles. The Balaban J connectivity index is 0. The monoisotopic (exact) mass is 625 g/mol. The number of hydrogen-bond donors (Lipinski definition) is 2. The molecule has 0 aromatic carbocycles. The molecule has 0 saturated heterocycles. The van der Waals surface area contributed by atoms with Crippen molar-refractivity contribution in [2.24, 2.45) is 0 Å². The average Bonchev–Trinajstić information content (AvgIpc) is 2.59. The van der Waals surface area contributed by atoms with Gasteiger partial charge in [0.15, 0.2) is 0 Å². The van der Waals surface area contributed by atoms with Gasteiger partial charge in [0.25, 0.3) is 18.6 Å². The van der Waals surface area contributed by atoms with E-state index in [9.17, 15) is 70.2 Å². The fourth-order valence-electron chi connectivity index (χ4n) is 1.96. The fourth-order valence-corrected chi connectivity index (χ4v) is 1.96. The Hall–Kier alpha value is -0.657. The quantitative estimate of drug-likeness (QED) is 0.341. The van der Waals surface area contributed by atoms with Crippen molar-refractivity contribution in [2.45, 2.75) is 67.1 Å². The number of hydrogen-bond acceptors (Lipinski definition) is 4. The smallest absolute Gasteiger partial charge is 0.400 e. The molecule has 33 heavy (non-hydrogen) atoms. The summed E-state index contributed by atoms with van der Waals surface area (Å²) in [6.45, 7) is -0.729. The minimum Gasteiger partial charge on any atom is -0.400 e. The maximum Gasteiger partial charge on any atom is 0.409 e. The van der Waals surface area contributed by atoms with Crippen LogP contribution < -0.4 is 0 Å². The molecule has 0 aromatic rings. The molecule has 0 amide bonds. The van der Waals surface area contributed by atoms with Crippen molar-refractivity contribution in [3.63, 3.8) is 0 Å². The molecule has 0 spiro atoms. The summed E-state index contributed by atoms with van der Waals surface area (Å²) in [7, 11) is 1.00. The molecule has 0 aromatic heterocycles. The Morgan fingerprint density at radius 3 is 1.06 bits per heavy atom. The molecule has 1 saturated carbocycles. The molecule has 203 valence electrons. The van der Waals surface area contributed by atoms with E-state index in [4.69, 9.17) is 10.2 Å². The van der Waals surface area contributed by atoms with E-state index >= 15 is 0 Å². The van der Waals surface area contributed by atoms with Gasteiger partial charge in [-0.15, -0.1) is 0 Å². The molecule has 0 bridgehead atoms. The van der Waals surface area contributed by atoms with Gasteiger partial charge in [-0.1, -0.05) is 0 Å². The third-order valence-corrected chi connectivity index (χ3v) is 3.61. The number of aliphatic hydroxyl groups is 2. The summed E-state index contributed by atoms with van der Waals surface area (Å²) in [6.07, 6.45) is -16.9. The van der Waals surface area contributed by atoms with Crippen molar-refractivity contribution in [1.82, 2.24) is 0 Å². The third-order valence-electron chi connectivity index (χ3n) is 3.61. The first-order valence-corrected chi connectivity index (χ1v) is 7.21. The van der Waals surface area contributed by atoms with Crippen LogP contribution >= 0.6 is 0 Å². The molecule has 4 nitrogen and oxygen atoms in total. The van der Waals surface area contributed by atoms with Gasteiger partial charge in [-0.2, -0.15) is 52.7 Å². The summed E-state index contributed by atoms with van der Waals surface area (Å²) in [5.74, 6) is -51.6. The molecule has 1 radical (unpaired) electrons. The Morgan fingerprint density at radius 1 is 0.606 bits per heavy atom. The number of alkyl halides is 16. The van der Waals surface area contributed by atoms with Crippen LogP contribution in [0.1, 0.15) is 6.92 Å². The Kier molecular flexibility index (Phi) is 9.85. The molecule has 1 fully saturated rings. The van der Waals surface area contributed by atoms with Crippen molar-refractivity contribution in [2.75, 3.05) is 7.11 Å². The zero-order valence-electron chi connectivity index (χ0n) is 15.2. The zero-order chi connectivity index (χ0) is 26.6. The van der Waals surface area contributed by atoms with Gasteiger partial charge in [-0.25, -0.2) is 17.6 Å². The number of rotatable bonds is 6. The topological polar surface area (TPSA) is 58.9 Å². The number of halogens is 16. The normalized spacial score (nSPS) is 32.0. The molecule has 1 aliphatic rings. The first-order valence-electron chi connectivity index (χ1n) is 7.21. The van der Waals surface area contributed by atoms with E-state index in [0.29, 0.717) is 0 Å². The largest absolute Gasteiger partial charge is 0.409 e. The molecule has 4 unspecified atom stereocenters. The van der Waals surface area contributed by atoms with E-state index in [-0.39, 0.29) is 19.5 Å². The minimum absolute atomic E-state index is 0. The van der Waals surface area contributed by atoms with E-state index in [1.165, 1.54) is 0 Å². The summed E-state index contributed by atoms with van der Waals surface area (Å²) in [6, 6.07) is 0. The first-order chi connectivity index (χ1) is 13.8. The summed E-state index contributed by atoms with van der Waals surface area (Å²) < 4.78 is 217. The van der Waals surface area contributed by atoms with Gasteiger partial charge in [0.1, 0.15) is 0 Å². The Morgan fingerprint density at radius 2 is 0.848 bits per heavy atom. The minimum atomic E-state index is -7.84. The predicted octanol–water partition coefficient (Wildman–Crippen LogP) is 4.34. The Labute approximate surface area is 184 Å². The summed E-state index contributed by atoms with van der Waals surface area (Å²) in [5.41, 5.74) is 0. The fraction of sp³-hybridized carbons (Fsp3) is 1.00. The Bertz CT molecular complexity index is 611. The second-order valence-corrected chi connectivity index (χ2v) is 5.90. The van der Waals surface area contributed by atoms with Crippen molar-refractivity contribution < 1.29 is 109 Å². The van der Waals surface area contributed by atoms with Crippen LogP contribution in [-0.2, 0) is 29.0 Å². The molecule has 0 aliphatic heterocycles. The molecule has 1 rings (SSSR count). The van der Waals surface area contributed by atoms with Crippen LogP contribution in [0.15, 0.2) is 0 Å². The van der Waals surface area contributed by atoms with Gasteiger partial charge in [0, 0.05) is 33.5 Å². The molecule has 4 atom stereocenters. The second-order valence-electron chi connectivity index (χ2n) is 5.90. The summed E-state index contributed by atoms with van der Waals surface area (Å²) in [4.78, 5) is 0. The SMILES string of the molecule is CC(F)(F)C(F)OC1(F)C(F)(F)C(F)(F)C(F)(F)C(F)(F)C1(F)OC(F)C(O)(F)F.CO.[Rh]. The maximum atomic E-state index is 14.4. The number of aliphatic hydroxyl groups excluding tert-OH is 1. The number of ether oxygens (including phenoxy) is 2. The van der Waals surface area contributed by atoms with E-state index in [1.807, 2.05) is 0 Å². The van der Waals surface area contributed by atoms with E-state index in [0.717, 1.165) is 7.11 Å². The van der Waals surface area contributed by atoms with Crippen LogP contribution in [0, 0.1) is 0 Å². The second kappa shape index (κ2) is 9.42. The molecular weight excluding hydrogens is 615 g/mol. The zero-order valence-corrected chi connectivity index (χ0v) is 16.9. The van der Waals surface area contributed by atoms with Crippen molar-refractivity contribution in [3.05, 3.63) is 0 Å². The van der Waals surface area contributed by atoms with Gasteiger partial charge < -0.3 is 10.2 Å². The van der Waals surface area contributed by atoms with Crippen molar-refractivity contribution >= 4 is 0 Å². The summed E-state index contributed by atoms with van der Waals surface area (Å²) in [5, 5.41) is 14.8. The standard InChI is InChI=1S/C11H6F16O3.CH4O.Rh/c1-4(14,15)2(12)29-10(26)8(22,23)6(18,19)7(20,21)9(24,25)11(10,27)30-3(13)5(16,17)28;1-2;/h2-3,28H,1H3;2H,1H3;. The van der Waals surface area contributed by atoms with Gasteiger partial charge in [-0.3, -0.25) is 9.47 Å². The molecule has 0 heterocycles. The van der Waals surface area contributed by atoms with Gasteiger partial charge in [0.05, 0.1) is 0 Å². The van der Waals surface area contributed by atoms with Crippen LogP contribution in [0.4, 0.5) is 70.2 Å². The third kappa shape index (κ3) is 4.75. The van der Waals surface area contributed by atoms with Crippen LogP contribution in [-0.4, -0.2) is 77.5 Å². The predicted molar refractivity (Wildman–Crippen MR) is 65.4 cm³/mol. The van der Waals surface area contributed by atoms with E-state index < -0.39 is 67.1 Å². The van der Waals surface area contributed by atoms with Crippen LogP contribution in [0.5, 0.6) is 0 Å². The molecule has 2 N–H and O–H groups in total. The maximum absolute atomic E-state index is 14.4. The van der Waals surface area contributed by atoms with Gasteiger partial charge in [0.2, 0.25) is 0 Å². The molecular formula is C12H10F16O4Rh. The summed E-state index contributed by atoms with van der Waals surface area (Å²) >= 11 is 0. The van der Waals surface area contributed by atoms with Crippen LogP contribution in [0.25, 0.3) is 0 Å². The van der Waals surface area contributed by atoms with Gasteiger partial charge >= 0.3 is 41.5 Å². The van der Waals surface area contributed by atoms with Crippen molar-refractivity contribution in [1.29, 1.82) is 0 Å². The van der Waals surface area contributed by atoms with E-state index in [2.05, 4.69) is 9.47 Å². The first kappa shape index (κ1) is 34.5. The van der Waals surface area contributed by atoms with Gasteiger partial charge in [-0.05, 0) is 0 Å².